The quantitative estimate of drug-likeness (QED) is 0.495. The number of rotatable bonds is 1. The largest absolute Gasteiger partial charge is 0.0579 e. The normalized spacial score (nSPS) is 98.0. The summed E-state index contributed by atoms with van der Waals surface area (Å²) in [6, 6.07) is 0. The summed E-state index contributed by atoms with van der Waals surface area (Å²) in [6.45, 7) is 0. The lowest BCUT2D eigenvalue weighted by Crippen LogP contribution is -2.35. The molecule has 0 N–H and O–H groups in total. The van der Waals surface area contributed by atoms with E-state index in [0.29, 0.717) is 0 Å². The van der Waals surface area contributed by atoms with Crippen LogP contribution in [-0.4, -0.2) is 0 Å². The fraction of sp³-hybridized carbons (Fsp3) is 0.667. The van der Waals surface area contributed by atoms with E-state index in [9.17, 15) is 0 Å². The summed E-state index contributed by atoms with van der Waals surface area (Å²) in [7, 11) is 0. The molecule has 0 bridgehead atoms. The Morgan fingerprint density at radius 3 is 1.50 bits per heavy atom. The zero-order valence-corrected chi connectivity index (χ0v) is 6.46. The van der Waals surface area contributed by atoms with Crippen molar-refractivity contribution in [1.29, 1.82) is 0 Å². The highest BCUT2D eigenvalue weighted by molar-refractivity contribution is 5.93. The van der Waals surface area contributed by atoms with Crippen LogP contribution < -0.4 is 0 Å². The van der Waals surface area contributed by atoms with E-state index < -0.39 is 0 Å². The van der Waals surface area contributed by atoms with Gasteiger partial charge in [0.2, 0.25) is 0 Å². The van der Waals surface area contributed by atoms with Crippen LogP contribution in [-0.2, 0) is 0 Å². The van der Waals surface area contributed by atoms with Gasteiger partial charge in [-0.3, -0.25) is 0 Å². The van der Waals surface area contributed by atoms with Crippen LogP contribution in [0.1, 0.15) is 0 Å². The second kappa shape index (κ2) is 0.547. The molecule has 0 amide bonds. The van der Waals surface area contributed by atoms with Crippen molar-refractivity contribution in [3.63, 3.8) is 0 Å². The Kier molecular flexibility index (Phi) is 0.168. The van der Waals surface area contributed by atoms with Crippen molar-refractivity contribution in [3.05, 3.63) is 22.3 Å². The van der Waals surface area contributed by atoms with Gasteiger partial charge < -0.3 is 0 Å². The molecule has 0 saturated heterocycles. The van der Waals surface area contributed by atoms with Crippen LogP contribution in [0, 0.1) is 46.3 Å². The van der Waals surface area contributed by atoms with Crippen LogP contribution in [0.5, 0.6) is 0 Å². The highest BCUT2D eigenvalue weighted by atomic mass is 15.2. The zero-order valence-electron chi connectivity index (χ0n) is 6.46. The lowest BCUT2D eigenvalue weighted by Gasteiger charge is -2.39. The molecule has 0 aromatic rings. The van der Waals surface area contributed by atoms with Gasteiger partial charge in [-0.25, -0.2) is 0 Å². The topological polar surface area (TPSA) is 0 Å². The molecule has 0 spiro atoms. The van der Waals surface area contributed by atoms with Crippen molar-refractivity contribution in [3.8, 4) is 0 Å². The molecule has 0 aromatic carbocycles. The highest BCUT2D eigenvalue weighted by Crippen LogP contribution is 3.19. The summed E-state index contributed by atoms with van der Waals surface area (Å²) in [5, 5.41) is 0. The maximum Gasteiger partial charge on any atom is 0.0136 e. The summed E-state index contributed by atoms with van der Waals surface area (Å²) in [5.74, 6) is 7.25. The molecule has 0 nitrogen and oxygen atoms in total. The molecule has 0 heteroatoms. The fourth-order valence-electron chi connectivity index (χ4n) is 7.21. The van der Waals surface area contributed by atoms with Gasteiger partial charge in [0.1, 0.15) is 0 Å². The highest BCUT2D eigenvalue weighted by Gasteiger charge is 3.14. The third-order valence-corrected chi connectivity index (χ3v) is 7.24. The van der Waals surface area contributed by atoms with Crippen LogP contribution in [0.4, 0.5) is 0 Å². The first-order chi connectivity index (χ1) is 5.98. The third-order valence-electron chi connectivity index (χ3n) is 7.24. The maximum atomic E-state index is 2.03. The maximum absolute atomic E-state index is 2.03. The lowest BCUT2D eigenvalue weighted by atomic mass is 9.63. The summed E-state index contributed by atoms with van der Waals surface area (Å²) in [5.41, 5.74) is 9.92. The molecule has 54 valence electrons. The Hall–Kier alpha value is -0.520. The van der Waals surface area contributed by atoms with Gasteiger partial charge in [0, 0.05) is 22.7 Å². The average molecular weight is 150 g/mol. The van der Waals surface area contributed by atoms with Crippen LogP contribution in [0.3, 0.4) is 0 Å². The predicted molar refractivity (Wildman–Crippen MR) is 39.9 cm³/mol. The number of allylic oxidation sites excluding steroid dienone is 4. The summed E-state index contributed by atoms with van der Waals surface area (Å²) in [6.07, 6.45) is 0. The first-order valence-corrected chi connectivity index (χ1v) is 5.47. The van der Waals surface area contributed by atoms with Crippen LogP contribution >= 0.6 is 0 Å². The predicted octanol–water partition coefficient (Wildman–Crippen LogP) is 1.36. The zero-order chi connectivity index (χ0) is 6.77. The Labute approximate surface area is 69.3 Å². The molecular weight excluding hydrogens is 144 g/mol. The van der Waals surface area contributed by atoms with E-state index in [0.717, 1.165) is 22.7 Å². The van der Waals surface area contributed by atoms with Gasteiger partial charge in [-0.1, -0.05) is 22.3 Å². The molecule has 0 heterocycles. The van der Waals surface area contributed by atoms with Gasteiger partial charge in [0.15, 0.2) is 0 Å². The molecule has 8 unspecified atom stereocenters. The molecule has 6 fully saturated rings. The minimum atomic E-state index is 0.953. The van der Waals surface area contributed by atoms with Crippen LogP contribution in [0.2, 0.25) is 0 Å². The number of hydrogen-bond acceptors (Lipinski definition) is 0. The summed E-state index contributed by atoms with van der Waals surface area (Å²) in [4.78, 5) is 0. The Balaban J connectivity index is 1.63. The molecule has 10 aliphatic carbocycles. The molecule has 12 heavy (non-hydrogen) atoms. The Morgan fingerprint density at radius 2 is 1.25 bits per heavy atom. The van der Waals surface area contributed by atoms with E-state index in [-0.39, 0.29) is 0 Å². The lowest BCUT2D eigenvalue weighted by molar-refractivity contribution is 0.223. The van der Waals surface area contributed by atoms with Crippen molar-refractivity contribution in [2.75, 3.05) is 0 Å². The smallest absolute Gasteiger partial charge is 0.0136 e. The second-order valence-corrected chi connectivity index (χ2v) is 6.44. The van der Waals surface area contributed by atoms with Gasteiger partial charge in [-0.2, -0.15) is 0 Å². The molecule has 10 rings (SSSR count). The van der Waals surface area contributed by atoms with E-state index in [1.807, 2.05) is 22.3 Å². The standard InChI is InChI=1S/C12H6/c1-2-5(1)11(7(1)8(2)11)12-6-3-4(6)10(12)9(3)12/h1,3,7-10H. The molecule has 10 aliphatic rings. The average Bonchev–Trinajstić information content (AvgIpc) is 2.58. The van der Waals surface area contributed by atoms with Crippen molar-refractivity contribution in [2.24, 2.45) is 46.3 Å². The minimum Gasteiger partial charge on any atom is -0.0579 e. The summed E-state index contributed by atoms with van der Waals surface area (Å²) >= 11 is 0. The fourth-order valence-corrected chi connectivity index (χ4v) is 7.21. The van der Waals surface area contributed by atoms with Crippen molar-refractivity contribution < 1.29 is 0 Å². The third kappa shape index (κ3) is 0.0955. The first-order valence-electron chi connectivity index (χ1n) is 5.47. The van der Waals surface area contributed by atoms with E-state index in [4.69, 9.17) is 0 Å². The van der Waals surface area contributed by atoms with E-state index in [2.05, 4.69) is 0 Å². The van der Waals surface area contributed by atoms with E-state index >= 15 is 0 Å². The minimum absolute atomic E-state index is 0.953. The molecule has 0 aromatic heterocycles. The van der Waals surface area contributed by atoms with Gasteiger partial charge in [0.25, 0.3) is 0 Å². The van der Waals surface area contributed by atoms with Gasteiger partial charge in [-0.15, -0.1) is 0 Å². The molecule has 8 atom stereocenters. The molecule has 0 radical (unpaired) electrons. The first kappa shape index (κ1) is 3.69. The van der Waals surface area contributed by atoms with Crippen LogP contribution in [0.15, 0.2) is 22.3 Å². The molecule has 0 aliphatic heterocycles. The van der Waals surface area contributed by atoms with Crippen molar-refractivity contribution in [2.45, 2.75) is 0 Å². The van der Waals surface area contributed by atoms with Crippen LogP contribution in [0.25, 0.3) is 0 Å². The van der Waals surface area contributed by atoms with E-state index in [1.54, 1.807) is 0 Å². The Morgan fingerprint density at radius 1 is 0.750 bits per heavy atom. The SMILES string of the molecule is C12=C3C1C1C2C31C12C3=C4C3C1C42. The molecule has 6 saturated carbocycles. The number of hydrogen-bond donors (Lipinski definition) is 0. The van der Waals surface area contributed by atoms with Crippen molar-refractivity contribution in [1.82, 2.24) is 0 Å². The molecular formula is C12H6. The second-order valence-electron chi connectivity index (χ2n) is 6.44. The van der Waals surface area contributed by atoms with E-state index in [1.165, 1.54) is 23.7 Å². The van der Waals surface area contributed by atoms with Crippen molar-refractivity contribution >= 4 is 0 Å². The van der Waals surface area contributed by atoms with Gasteiger partial charge in [-0.05, 0) is 23.7 Å². The van der Waals surface area contributed by atoms with Gasteiger partial charge in [0.05, 0.1) is 0 Å². The monoisotopic (exact) mass is 150 g/mol. The Bertz CT molecular complexity index is 525. The van der Waals surface area contributed by atoms with Gasteiger partial charge >= 0.3 is 0 Å². The summed E-state index contributed by atoms with van der Waals surface area (Å²) < 4.78 is 0.